The number of nitrogens with one attached hydrogen (secondary N) is 2. The van der Waals surface area contributed by atoms with Gasteiger partial charge in [-0.2, -0.15) is 13.2 Å². The molecule has 22 heavy (non-hydrogen) atoms. The second-order valence-electron chi connectivity index (χ2n) is 4.20. The summed E-state index contributed by atoms with van der Waals surface area (Å²) in [5, 5.41) is 5.14. The molecule has 1 aromatic carbocycles. The van der Waals surface area contributed by atoms with Gasteiger partial charge in [0, 0.05) is 16.8 Å². The molecular weight excluding hydrogens is 315 g/mol. The molecule has 1 aromatic heterocycles. The molecule has 2 N–H and O–H groups in total. The number of hydrogen-bond donors (Lipinski definition) is 2. The number of urea groups is 1. The van der Waals surface area contributed by atoms with E-state index in [9.17, 15) is 18.0 Å². The zero-order chi connectivity index (χ0) is 16.0. The molecule has 0 unspecified atom stereocenters. The topological polar surface area (TPSA) is 54.0 Å². The minimum atomic E-state index is -4.32. The van der Waals surface area contributed by atoms with Gasteiger partial charge in [0.2, 0.25) is 0 Å². The number of amides is 2. The molecule has 1 heterocycles. The zero-order valence-corrected chi connectivity index (χ0v) is 12.0. The Balaban J connectivity index is 1.84. The molecule has 2 amide bonds. The van der Waals surface area contributed by atoms with E-state index in [1.54, 1.807) is 24.4 Å². The highest BCUT2D eigenvalue weighted by molar-refractivity contribution is 8.00. The summed E-state index contributed by atoms with van der Waals surface area (Å²) >= 11 is -0.201. The number of halogens is 3. The van der Waals surface area contributed by atoms with E-state index in [1.165, 1.54) is 24.3 Å². The molecule has 0 fully saturated rings. The number of carbonyl (C=O) groups is 1. The predicted molar refractivity (Wildman–Crippen MR) is 78.4 cm³/mol. The summed E-state index contributed by atoms with van der Waals surface area (Å²) in [4.78, 5) is 15.8. The third-order valence-corrected chi connectivity index (χ3v) is 3.24. The Morgan fingerprint density at radius 2 is 1.86 bits per heavy atom. The number of aromatic nitrogens is 1. The Bertz CT molecular complexity index is 617. The van der Waals surface area contributed by atoms with Crippen LogP contribution in [0.15, 0.2) is 53.6 Å². The van der Waals surface area contributed by atoms with Crippen LogP contribution >= 0.6 is 11.8 Å². The number of rotatable bonds is 4. The van der Waals surface area contributed by atoms with Gasteiger partial charge in [0.25, 0.3) is 0 Å². The predicted octanol–water partition coefficient (Wildman–Crippen LogP) is 4.02. The van der Waals surface area contributed by atoms with Gasteiger partial charge in [0.1, 0.15) is 0 Å². The lowest BCUT2D eigenvalue weighted by molar-refractivity contribution is -0.0328. The normalized spacial score (nSPS) is 11.0. The highest BCUT2D eigenvalue weighted by Crippen LogP contribution is 2.36. The average Bonchev–Trinajstić information content (AvgIpc) is 2.47. The number of thioether (sulfide) groups is 1. The van der Waals surface area contributed by atoms with Crippen molar-refractivity contribution in [3.8, 4) is 0 Å². The highest BCUT2D eigenvalue weighted by atomic mass is 32.2. The monoisotopic (exact) mass is 327 g/mol. The fourth-order valence-corrected chi connectivity index (χ4v) is 2.13. The third-order valence-electron chi connectivity index (χ3n) is 2.50. The first-order valence-corrected chi connectivity index (χ1v) is 7.04. The molecule has 0 atom stereocenters. The quantitative estimate of drug-likeness (QED) is 0.834. The Kier molecular flexibility index (Phi) is 5.26. The minimum absolute atomic E-state index is 0.0620. The van der Waals surface area contributed by atoms with Crippen molar-refractivity contribution in [2.75, 3.05) is 5.32 Å². The van der Waals surface area contributed by atoms with Crippen LogP contribution in [0, 0.1) is 0 Å². The minimum Gasteiger partial charge on any atom is -0.332 e. The number of nitrogens with zero attached hydrogens (tertiary/aromatic N) is 1. The van der Waals surface area contributed by atoms with Crippen LogP contribution in [-0.4, -0.2) is 16.5 Å². The number of carbonyl (C=O) groups excluding carboxylic acids is 1. The maximum atomic E-state index is 12.2. The van der Waals surface area contributed by atoms with Crippen LogP contribution in [0.3, 0.4) is 0 Å². The van der Waals surface area contributed by atoms with Gasteiger partial charge in [0.05, 0.1) is 12.2 Å². The van der Waals surface area contributed by atoms with Crippen molar-refractivity contribution in [1.29, 1.82) is 0 Å². The molecule has 0 aliphatic rings. The van der Waals surface area contributed by atoms with Gasteiger partial charge >= 0.3 is 11.5 Å². The molecule has 4 nitrogen and oxygen atoms in total. The molecule has 0 aliphatic heterocycles. The average molecular weight is 327 g/mol. The van der Waals surface area contributed by atoms with Gasteiger partial charge in [0.15, 0.2) is 0 Å². The molecule has 0 aliphatic carbocycles. The maximum absolute atomic E-state index is 12.2. The van der Waals surface area contributed by atoms with E-state index in [-0.39, 0.29) is 23.2 Å². The Morgan fingerprint density at radius 3 is 2.45 bits per heavy atom. The summed E-state index contributed by atoms with van der Waals surface area (Å²) in [5.74, 6) is 0. The first-order valence-electron chi connectivity index (χ1n) is 6.23. The molecule has 0 saturated heterocycles. The van der Waals surface area contributed by atoms with Crippen LogP contribution < -0.4 is 10.6 Å². The second-order valence-corrected chi connectivity index (χ2v) is 5.34. The largest absolute Gasteiger partial charge is 0.446 e. The Morgan fingerprint density at radius 1 is 1.14 bits per heavy atom. The summed E-state index contributed by atoms with van der Waals surface area (Å²) in [7, 11) is 0. The second kappa shape index (κ2) is 7.17. The molecule has 0 radical (unpaired) electrons. The van der Waals surface area contributed by atoms with E-state index in [0.717, 1.165) is 0 Å². The SMILES string of the molecule is O=C(NCc1ccccn1)Nc1ccc(SC(F)(F)F)cc1. The van der Waals surface area contributed by atoms with Crippen LogP contribution in [0.5, 0.6) is 0 Å². The van der Waals surface area contributed by atoms with Crippen molar-refractivity contribution in [2.24, 2.45) is 0 Å². The summed E-state index contributed by atoms with van der Waals surface area (Å²) in [6.07, 6.45) is 1.62. The molecule has 0 saturated carbocycles. The van der Waals surface area contributed by atoms with E-state index in [1.807, 2.05) is 0 Å². The lowest BCUT2D eigenvalue weighted by Crippen LogP contribution is -2.28. The molecule has 2 rings (SSSR count). The van der Waals surface area contributed by atoms with Crippen LogP contribution in [0.4, 0.5) is 23.7 Å². The number of pyridine rings is 1. The smallest absolute Gasteiger partial charge is 0.332 e. The van der Waals surface area contributed by atoms with Gasteiger partial charge in [-0.1, -0.05) is 6.07 Å². The van der Waals surface area contributed by atoms with Crippen molar-refractivity contribution >= 4 is 23.5 Å². The van der Waals surface area contributed by atoms with Crippen LogP contribution in [0.2, 0.25) is 0 Å². The van der Waals surface area contributed by atoms with Crippen LogP contribution in [0.1, 0.15) is 5.69 Å². The van der Waals surface area contributed by atoms with E-state index >= 15 is 0 Å². The first kappa shape index (κ1) is 16.2. The summed E-state index contributed by atoms with van der Waals surface area (Å²) < 4.78 is 36.6. The fraction of sp³-hybridized carbons (Fsp3) is 0.143. The van der Waals surface area contributed by atoms with Gasteiger partial charge in [-0.05, 0) is 48.2 Å². The third kappa shape index (κ3) is 5.65. The molecule has 0 spiro atoms. The van der Waals surface area contributed by atoms with Crippen molar-refractivity contribution in [3.63, 3.8) is 0 Å². The molecule has 8 heteroatoms. The van der Waals surface area contributed by atoms with Gasteiger partial charge in [-0.25, -0.2) is 4.79 Å². The lowest BCUT2D eigenvalue weighted by atomic mass is 10.3. The zero-order valence-electron chi connectivity index (χ0n) is 11.2. The Hall–Kier alpha value is -2.22. The summed E-state index contributed by atoms with van der Waals surface area (Å²) in [6, 6.07) is 10.3. The van der Waals surface area contributed by atoms with Gasteiger partial charge in [-0.15, -0.1) is 0 Å². The first-order chi connectivity index (χ1) is 10.4. The standard InChI is InChI=1S/C14H12F3N3OS/c15-14(16,17)22-12-6-4-10(5-7-12)20-13(21)19-9-11-3-1-2-8-18-11/h1-8H,9H2,(H2,19,20,21). The van der Waals surface area contributed by atoms with Crippen LogP contribution in [-0.2, 0) is 6.54 Å². The van der Waals surface area contributed by atoms with E-state index < -0.39 is 11.5 Å². The van der Waals surface area contributed by atoms with Crippen molar-refractivity contribution in [1.82, 2.24) is 10.3 Å². The molecular formula is C14H12F3N3OS. The van der Waals surface area contributed by atoms with Crippen molar-refractivity contribution in [3.05, 3.63) is 54.4 Å². The molecule has 116 valence electrons. The van der Waals surface area contributed by atoms with E-state index in [2.05, 4.69) is 15.6 Å². The Labute approximate surface area is 129 Å². The number of hydrogen-bond acceptors (Lipinski definition) is 3. The summed E-state index contributed by atoms with van der Waals surface area (Å²) in [5.41, 5.74) is -3.21. The maximum Gasteiger partial charge on any atom is 0.446 e. The highest BCUT2D eigenvalue weighted by Gasteiger charge is 2.28. The van der Waals surface area contributed by atoms with E-state index in [0.29, 0.717) is 11.4 Å². The fourth-order valence-electron chi connectivity index (χ4n) is 1.59. The van der Waals surface area contributed by atoms with Gasteiger partial charge in [-0.3, -0.25) is 4.98 Å². The summed E-state index contributed by atoms with van der Waals surface area (Å²) in [6.45, 7) is 0.259. The number of alkyl halides is 3. The van der Waals surface area contributed by atoms with E-state index in [4.69, 9.17) is 0 Å². The van der Waals surface area contributed by atoms with Gasteiger partial charge < -0.3 is 10.6 Å². The number of anilines is 1. The lowest BCUT2D eigenvalue weighted by Gasteiger charge is -2.09. The molecule has 0 bridgehead atoms. The van der Waals surface area contributed by atoms with Crippen LogP contribution in [0.25, 0.3) is 0 Å². The van der Waals surface area contributed by atoms with Crippen molar-refractivity contribution < 1.29 is 18.0 Å². The van der Waals surface area contributed by atoms with Crippen molar-refractivity contribution in [2.45, 2.75) is 16.9 Å². The molecule has 2 aromatic rings. The number of benzene rings is 1.